The molecule has 0 radical (unpaired) electrons. The summed E-state index contributed by atoms with van der Waals surface area (Å²) >= 11 is 0. The van der Waals surface area contributed by atoms with Crippen molar-refractivity contribution >= 4 is 0 Å². The van der Waals surface area contributed by atoms with Crippen molar-refractivity contribution < 1.29 is 4.74 Å². The van der Waals surface area contributed by atoms with Crippen LogP contribution in [0.2, 0.25) is 0 Å². The first kappa shape index (κ1) is 11.1. The van der Waals surface area contributed by atoms with Gasteiger partial charge in [-0.15, -0.1) is 0 Å². The zero-order valence-electron chi connectivity index (χ0n) is 10.4. The second-order valence-electron chi connectivity index (χ2n) is 5.27. The van der Waals surface area contributed by atoms with Gasteiger partial charge in [0.05, 0.1) is 12.2 Å². The Labute approximate surface area is 102 Å². The minimum atomic E-state index is 0.000305. The first-order chi connectivity index (χ1) is 8.15. The molecule has 17 heavy (non-hydrogen) atoms. The van der Waals surface area contributed by atoms with Gasteiger partial charge < -0.3 is 10.5 Å². The quantitative estimate of drug-likeness (QED) is 0.846. The molecule has 92 valence electrons. The number of fused-ring (bicyclic) bond motifs is 2. The van der Waals surface area contributed by atoms with Gasteiger partial charge in [-0.05, 0) is 33.1 Å². The van der Waals surface area contributed by atoms with E-state index < -0.39 is 0 Å². The van der Waals surface area contributed by atoms with Crippen LogP contribution in [0.3, 0.4) is 0 Å². The first-order valence-electron chi connectivity index (χ1n) is 6.39. The van der Waals surface area contributed by atoms with E-state index in [4.69, 9.17) is 10.5 Å². The third-order valence-corrected chi connectivity index (χ3v) is 3.96. The molecular formula is C13H19N3O. The summed E-state index contributed by atoms with van der Waals surface area (Å²) in [5.74, 6) is 1.34. The Hall–Kier alpha value is -1.00. The molecule has 0 saturated carbocycles. The van der Waals surface area contributed by atoms with Gasteiger partial charge in [0.1, 0.15) is 5.82 Å². The Morgan fingerprint density at radius 3 is 2.82 bits per heavy atom. The van der Waals surface area contributed by atoms with Crippen LogP contribution in [0.5, 0.6) is 0 Å². The summed E-state index contributed by atoms with van der Waals surface area (Å²) < 4.78 is 5.85. The van der Waals surface area contributed by atoms with Gasteiger partial charge in [-0.2, -0.15) is 0 Å². The fourth-order valence-electron chi connectivity index (χ4n) is 3.03. The van der Waals surface area contributed by atoms with Gasteiger partial charge in [0.15, 0.2) is 0 Å². The molecule has 4 heteroatoms. The smallest absolute Gasteiger partial charge is 0.134 e. The summed E-state index contributed by atoms with van der Waals surface area (Å²) in [5, 5.41) is 0. The third kappa shape index (κ3) is 1.85. The number of nitrogens with two attached hydrogens (primary N) is 1. The van der Waals surface area contributed by atoms with Crippen molar-refractivity contribution in [1.82, 2.24) is 9.97 Å². The Kier molecular flexibility index (Phi) is 2.64. The Morgan fingerprint density at radius 1 is 1.47 bits per heavy atom. The van der Waals surface area contributed by atoms with Crippen molar-refractivity contribution in [2.24, 2.45) is 5.73 Å². The minimum Gasteiger partial charge on any atom is -0.374 e. The van der Waals surface area contributed by atoms with Crippen LogP contribution in [0.4, 0.5) is 0 Å². The van der Waals surface area contributed by atoms with E-state index in [1.807, 2.05) is 20.0 Å². The maximum absolute atomic E-state index is 5.87. The summed E-state index contributed by atoms with van der Waals surface area (Å²) in [7, 11) is 0. The molecule has 3 unspecified atom stereocenters. The lowest BCUT2D eigenvalue weighted by Crippen LogP contribution is -2.19. The maximum atomic E-state index is 5.87. The number of hydrogen-bond acceptors (Lipinski definition) is 4. The standard InChI is InChI=1S/C13H19N3O/c1-7(14)11-6-15-13(16-8(11)2)10-5-9-3-4-12(10)17-9/h6-7,9-10,12H,3-5,14H2,1-2H3/t7-,9?,10?,12?/m0/s1. The highest BCUT2D eigenvalue weighted by Crippen LogP contribution is 2.43. The van der Waals surface area contributed by atoms with E-state index in [0.717, 1.165) is 29.9 Å². The molecule has 2 aliphatic rings. The van der Waals surface area contributed by atoms with Gasteiger partial charge >= 0.3 is 0 Å². The lowest BCUT2D eigenvalue weighted by molar-refractivity contribution is 0.0998. The molecule has 4 nitrogen and oxygen atoms in total. The number of rotatable bonds is 2. The van der Waals surface area contributed by atoms with Crippen molar-refractivity contribution in [3.05, 3.63) is 23.3 Å². The lowest BCUT2D eigenvalue weighted by Gasteiger charge is -2.18. The van der Waals surface area contributed by atoms with Gasteiger partial charge in [-0.25, -0.2) is 9.97 Å². The number of hydrogen-bond donors (Lipinski definition) is 1. The van der Waals surface area contributed by atoms with Gasteiger partial charge in [0.25, 0.3) is 0 Å². The molecule has 2 aliphatic heterocycles. The zero-order valence-corrected chi connectivity index (χ0v) is 10.4. The molecule has 0 aliphatic carbocycles. The summed E-state index contributed by atoms with van der Waals surface area (Å²) in [6, 6.07) is 0.000305. The molecule has 3 rings (SSSR count). The average Bonchev–Trinajstić information content (AvgIpc) is 2.89. The minimum absolute atomic E-state index is 0.000305. The highest BCUT2D eigenvalue weighted by Gasteiger charge is 2.42. The third-order valence-electron chi connectivity index (χ3n) is 3.96. The van der Waals surface area contributed by atoms with Crippen molar-refractivity contribution in [1.29, 1.82) is 0 Å². The molecule has 3 heterocycles. The van der Waals surface area contributed by atoms with E-state index in [9.17, 15) is 0 Å². The van der Waals surface area contributed by atoms with Crippen LogP contribution >= 0.6 is 0 Å². The van der Waals surface area contributed by atoms with Crippen molar-refractivity contribution in [2.45, 2.75) is 57.3 Å². The molecule has 0 amide bonds. The van der Waals surface area contributed by atoms with Crippen LogP contribution in [0.15, 0.2) is 6.20 Å². The monoisotopic (exact) mass is 233 g/mol. The topological polar surface area (TPSA) is 61.0 Å². The number of aromatic nitrogens is 2. The van der Waals surface area contributed by atoms with Gasteiger partial charge in [-0.3, -0.25) is 0 Å². The largest absolute Gasteiger partial charge is 0.374 e. The van der Waals surface area contributed by atoms with Crippen molar-refractivity contribution in [3.63, 3.8) is 0 Å². The maximum Gasteiger partial charge on any atom is 0.134 e. The number of ether oxygens (including phenoxy) is 1. The van der Waals surface area contributed by atoms with E-state index >= 15 is 0 Å². The van der Waals surface area contributed by atoms with E-state index in [1.54, 1.807) is 0 Å². The van der Waals surface area contributed by atoms with Crippen LogP contribution in [0.25, 0.3) is 0 Å². The molecule has 0 spiro atoms. The molecule has 4 atom stereocenters. The fraction of sp³-hybridized carbons (Fsp3) is 0.692. The SMILES string of the molecule is Cc1nc(C2CC3CCC2O3)ncc1[C@H](C)N. The molecule has 2 fully saturated rings. The predicted molar refractivity (Wildman–Crippen MR) is 64.6 cm³/mol. The zero-order chi connectivity index (χ0) is 12.0. The highest BCUT2D eigenvalue weighted by atomic mass is 16.5. The second-order valence-corrected chi connectivity index (χ2v) is 5.27. The normalized spacial score (nSPS) is 33.0. The summed E-state index contributed by atoms with van der Waals surface area (Å²) in [6.45, 7) is 3.98. The fourth-order valence-corrected chi connectivity index (χ4v) is 3.03. The average molecular weight is 233 g/mol. The second kappa shape index (κ2) is 4.03. The molecule has 1 aromatic heterocycles. The van der Waals surface area contributed by atoms with Crippen molar-refractivity contribution in [2.75, 3.05) is 0 Å². The van der Waals surface area contributed by atoms with E-state index in [1.165, 1.54) is 6.42 Å². The first-order valence-corrected chi connectivity index (χ1v) is 6.39. The van der Waals surface area contributed by atoms with Crippen LogP contribution in [0, 0.1) is 6.92 Å². The molecular weight excluding hydrogens is 214 g/mol. The van der Waals surface area contributed by atoms with Crippen LogP contribution < -0.4 is 5.73 Å². The van der Waals surface area contributed by atoms with E-state index in [0.29, 0.717) is 18.1 Å². The molecule has 2 saturated heterocycles. The molecule has 2 bridgehead atoms. The van der Waals surface area contributed by atoms with E-state index in [-0.39, 0.29) is 6.04 Å². The molecule has 2 N–H and O–H groups in total. The number of aryl methyl sites for hydroxylation is 1. The van der Waals surface area contributed by atoms with Gasteiger partial charge in [0, 0.05) is 29.4 Å². The molecule has 1 aromatic rings. The van der Waals surface area contributed by atoms with Gasteiger partial charge in [-0.1, -0.05) is 0 Å². The number of nitrogens with zero attached hydrogens (tertiary/aromatic N) is 2. The predicted octanol–water partition coefficient (Wildman–Crippen LogP) is 1.84. The Balaban J connectivity index is 1.87. The molecule has 0 aromatic carbocycles. The van der Waals surface area contributed by atoms with Crippen LogP contribution in [-0.4, -0.2) is 22.2 Å². The summed E-state index contributed by atoms with van der Waals surface area (Å²) in [5.41, 5.74) is 7.92. The summed E-state index contributed by atoms with van der Waals surface area (Å²) in [6.07, 6.45) is 6.13. The van der Waals surface area contributed by atoms with Gasteiger partial charge in [0.2, 0.25) is 0 Å². The highest BCUT2D eigenvalue weighted by molar-refractivity contribution is 5.21. The van der Waals surface area contributed by atoms with E-state index in [2.05, 4.69) is 9.97 Å². The van der Waals surface area contributed by atoms with Crippen molar-refractivity contribution in [3.8, 4) is 0 Å². The summed E-state index contributed by atoms with van der Waals surface area (Å²) in [4.78, 5) is 9.11. The van der Waals surface area contributed by atoms with Crippen LogP contribution in [-0.2, 0) is 4.74 Å². The Bertz CT molecular complexity index is 433. The van der Waals surface area contributed by atoms with Crippen LogP contribution in [0.1, 0.15) is 55.2 Å². The lowest BCUT2D eigenvalue weighted by atomic mass is 9.88. The Morgan fingerprint density at radius 2 is 2.29 bits per heavy atom.